The van der Waals surface area contributed by atoms with Gasteiger partial charge < -0.3 is 19.3 Å². The van der Waals surface area contributed by atoms with E-state index in [4.69, 9.17) is 19.3 Å². The van der Waals surface area contributed by atoms with E-state index >= 15 is 0 Å². The predicted octanol–water partition coefficient (Wildman–Crippen LogP) is 4.40. The van der Waals surface area contributed by atoms with E-state index in [1.54, 1.807) is 16.8 Å². The van der Waals surface area contributed by atoms with Gasteiger partial charge in [-0.25, -0.2) is 9.07 Å². The maximum atomic E-state index is 13.9. The lowest BCUT2D eigenvalue weighted by Gasteiger charge is -2.27. The van der Waals surface area contributed by atoms with Crippen LogP contribution >= 0.6 is 0 Å². The largest absolute Gasteiger partial charge is 0.439 e. The van der Waals surface area contributed by atoms with Crippen LogP contribution in [0.3, 0.4) is 0 Å². The molecule has 0 radical (unpaired) electrons. The SMILES string of the molecule is CCOCC(O)CN(Cc1c(-c2ccccc2)nn(C)c1Oc1cccc(F)c1)CC1CCCO1. The molecule has 2 unspecified atom stereocenters. The molecule has 1 saturated heterocycles. The Hall–Kier alpha value is -2.78. The number of ether oxygens (including phenoxy) is 3. The minimum absolute atomic E-state index is 0.110. The number of aliphatic hydroxyl groups is 1. The van der Waals surface area contributed by atoms with Gasteiger partial charge in [-0.15, -0.1) is 0 Å². The number of benzene rings is 2. The Labute approximate surface area is 206 Å². The van der Waals surface area contributed by atoms with Crippen LogP contribution in [0.25, 0.3) is 11.3 Å². The standard InChI is InChI=1S/C27H34FN3O4/c1-3-33-19-22(32)16-31(17-24-13-8-14-34-24)18-25-26(20-9-5-4-6-10-20)29-30(2)27(25)35-23-12-7-11-21(28)15-23/h4-7,9-12,15,22,24,32H,3,8,13-14,16-19H2,1-2H3. The van der Waals surface area contributed by atoms with Crippen LogP contribution in [0.15, 0.2) is 54.6 Å². The molecule has 1 aliphatic heterocycles. The zero-order valence-electron chi connectivity index (χ0n) is 20.4. The van der Waals surface area contributed by atoms with Gasteiger partial charge in [-0.1, -0.05) is 36.4 Å². The van der Waals surface area contributed by atoms with E-state index in [0.29, 0.717) is 37.9 Å². The molecule has 2 heterocycles. The second-order valence-corrected chi connectivity index (χ2v) is 8.82. The highest BCUT2D eigenvalue weighted by molar-refractivity contribution is 5.65. The van der Waals surface area contributed by atoms with Crippen LogP contribution < -0.4 is 4.74 Å². The highest BCUT2D eigenvalue weighted by Gasteiger charge is 2.26. The second kappa shape index (κ2) is 12.3. The zero-order valence-corrected chi connectivity index (χ0v) is 20.4. The molecule has 0 bridgehead atoms. The molecular weight excluding hydrogens is 449 g/mol. The monoisotopic (exact) mass is 483 g/mol. The van der Waals surface area contributed by atoms with Crippen molar-refractivity contribution in [3.8, 4) is 22.9 Å². The van der Waals surface area contributed by atoms with E-state index in [0.717, 1.165) is 36.3 Å². The first-order valence-electron chi connectivity index (χ1n) is 12.2. The van der Waals surface area contributed by atoms with Crippen molar-refractivity contribution in [2.24, 2.45) is 7.05 Å². The summed E-state index contributed by atoms with van der Waals surface area (Å²) in [6.45, 7) is 5.06. The van der Waals surface area contributed by atoms with Gasteiger partial charge >= 0.3 is 0 Å². The summed E-state index contributed by atoms with van der Waals surface area (Å²) in [5, 5.41) is 15.4. The molecule has 1 aliphatic rings. The van der Waals surface area contributed by atoms with Crippen LogP contribution in [0.4, 0.5) is 4.39 Å². The summed E-state index contributed by atoms with van der Waals surface area (Å²) in [6.07, 6.45) is 1.50. The summed E-state index contributed by atoms with van der Waals surface area (Å²) in [6, 6.07) is 16.0. The molecule has 0 amide bonds. The van der Waals surface area contributed by atoms with Gasteiger partial charge in [0.1, 0.15) is 17.3 Å². The molecule has 7 nitrogen and oxygen atoms in total. The molecule has 1 N–H and O–H groups in total. The molecule has 1 aromatic heterocycles. The number of hydrogen-bond donors (Lipinski definition) is 1. The predicted molar refractivity (Wildman–Crippen MR) is 132 cm³/mol. The lowest BCUT2D eigenvalue weighted by molar-refractivity contribution is 0.00505. The van der Waals surface area contributed by atoms with Crippen molar-refractivity contribution in [1.82, 2.24) is 14.7 Å². The van der Waals surface area contributed by atoms with Gasteiger partial charge in [-0.2, -0.15) is 5.10 Å². The third-order valence-corrected chi connectivity index (χ3v) is 6.00. The highest BCUT2D eigenvalue weighted by atomic mass is 19.1. The molecule has 2 atom stereocenters. The van der Waals surface area contributed by atoms with Crippen molar-refractivity contribution in [3.05, 3.63) is 66.0 Å². The van der Waals surface area contributed by atoms with Gasteiger partial charge in [0.15, 0.2) is 0 Å². The number of nitrogens with zero attached hydrogens (tertiary/aromatic N) is 3. The number of hydrogen-bond acceptors (Lipinski definition) is 6. The second-order valence-electron chi connectivity index (χ2n) is 8.82. The first-order chi connectivity index (χ1) is 17.0. The van der Waals surface area contributed by atoms with E-state index in [9.17, 15) is 9.50 Å². The van der Waals surface area contributed by atoms with Crippen LogP contribution in [0, 0.1) is 5.82 Å². The van der Waals surface area contributed by atoms with Gasteiger partial charge in [0.2, 0.25) is 5.88 Å². The van der Waals surface area contributed by atoms with Crippen molar-refractivity contribution in [2.45, 2.75) is 38.5 Å². The number of halogens is 1. The van der Waals surface area contributed by atoms with Crippen LogP contribution in [0.2, 0.25) is 0 Å². The van der Waals surface area contributed by atoms with Gasteiger partial charge in [-0.05, 0) is 31.9 Å². The van der Waals surface area contributed by atoms with Crippen LogP contribution in [-0.2, 0) is 23.1 Å². The molecule has 2 aromatic carbocycles. The molecule has 188 valence electrons. The van der Waals surface area contributed by atoms with Gasteiger partial charge in [0.05, 0.1) is 24.4 Å². The van der Waals surface area contributed by atoms with E-state index < -0.39 is 6.10 Å². The highest BCUT2D eigenvalue weighted by Crippen LogP contribution is 2.34. The van der Waals surface area contributed by atoms with Crippen molar-refractivity contribution in [2.75, 3.05) is 32.9 Å². The van der Waals surface area contributed by atoms with Crippen molar-refractivity contribution < 1.29 is 23.7 Å². The van der Waals surface area contributed by atoms with Crippen molar-refractivity contribution in [3.63, 3.8) is 0 Å². The van der Waals surface area contributed by atoms with E-state index in [-0.39, 0.29) is 18.5 Å². The normalized spacial score (nSPS) is 16.7. The summed E-state index contributed by atoms with van der Waals surface area (Å²) in [7, 11) is 1.82. The molecule has 4 rings (SSSR count). The average Bonchev–Trinajstić information content (AvgIpc) is 3.47. The topological polar surface area (TPSA) is 69.0 Å². The first-order valence-corrected chi connectivity index (χ1v) is 12.2. The lowest BCUT2D eigenvalue weighted by atomic mass is 10.1. The van der Waals surface area contributed by atoms with Crippen LogP contribution in [0.1, 0.15) is 25.3 Å². The zero-order chi connectivity index (χ0) is 24.6. The third kappa shape index (κ3) is 6.89. The minimum atomic E-state index is -0.638. The Morgan fingerprint density at radius 1 is 1.23 bits per heavy atom. The first kappa shape index (κ1) is 25.3. The van der Waals surface area contributed by atoms with E-state index in [2.05, 4.69) is 4.90 Å². The molecule has 0 saturated carbocycles. The Balaban J connectivity index is 1.67. The van der Waals surface area contributed by atoms with Crippen LogP contribution in [0.5, 0.6) is 11.6 Å². The Kier molecular flexibility index (Phi) is 8.87. The minimum Gasteiger partial charge on any atom is -0.439 e. The molecule has 0 spiro atoms. The van der Waals surface area contributed by atoms with Crippen molar-refractivity contribution in [1.29, 1.82) is 0 Å². The molecule has 1 fully saturated rings. The van der Waals surface area contributed by atoms with Gasteiger partial charge in [-0.3, -0.25) is 4.90 Å². The summed E-state index contributed by atoms with van der Waals surface area (Å²) >= 11 is 0. The number of aryl methyl sites for hydroxylation is 1. The Morgan fingerprint density at radius 3 is 2.77 bits per heavy atom. The van der Waals surface area contributed by atoms with Gasteiger partial charge in [0, 0.05) is 51.5 Å². The maximum absolute atomic E-state index is 13.9. The summed E-state index contributed by atoms with van der Waals surface area (Å²) in [4.78, 5) is 2.17. The lowest BCUT2D eigenvalue weighted by Crippen LogP contribution is -2.39. The fraction of sp³-hybridized carbons (Fsp3) is 0.444. The van der Waals surface area contributed by atoms with Crippen LogP contribution in [-0.4, -0.2) is 64.9 Å². The number of aliphatic hydroxyl groups excluding tert-OH is 1. The number of aromatic nitrogens is 2. The Bertz CT molecular complexity index is 1070. The smallest absolute Gasteiger partial charge is 0.222 e. The average molecular weight is 484 g/mol. The van der Waals surface area contributed by atoms with E-state index in [1.807, 2.05) is 44.3 Å². The quantitative estimate of drug-likeness (QED) is 0.412. The summed E-state index contributed by atoms with van der Waals surface area (Å²) in [5.41, 5.74) is 2.61. The Morgan fingerprint density at radius 2 is 2.06 bits per heavy atom. The summed E-state index contributed by atoms with van der Waals surface area (Å²) < 4.78 is 33.1. The molecule has 3 aromatic rings. The molecule has 8 heteroatoms. The van der Waals surface area contributed by atoms with Crippen molar-refractivity contribution >= 4 is 0 Å². The molecule has 35 heavy (non-hydrogen) atoms. The molecule has 0 aliphatic carbocycles. The fourth-order valence-electron chi connectivity index (χ4n) is 4.40. The summed E-state index contributed by atoms with van der Waals surface area (Å²) in [5.74, 6) is 0.565. The third-order valence-electron chi connectivity index (χ3n) is 6.00. The fourth-order valence-corrected chi connectivity index (χ4v) is 4.40. The maximum Gasteiger partial charge on any atom is 0.222 e. The van der Waals surface area contributed by atoms with E-state index in [1.165, 1.54) is 12.1 Å². The number of rotatable bonds is 12. The molecular formula is C27H34FN3O4. The van der Waals surface area contributed by atoms with Gasteiger partial charge in [0.25, 0.3) is 0 Å².